The molecule has 3 heteroatoms. The van der Waals surface area contributed by atoms with Crippen molar-refractivity contribution in [1.82, 2.24) is 0 Å². The average molecular weight is 275 g/mol. The van der Waals surface area contributed by atoms with E-state index in [-0.39, 0.29) is 12.0 Å². The largest absolute Gasteiger partial charge is 0.466 e. The van der Waals surface area contributed by atoms with Crippen molar-refractivity contribution in [3.8, 4) is 0 Å². The van der Waals surface area contributed by atoms with E-state index >= 15 is 0 Å². The Bertz CT molecular complexity index is 494. The third-order valence-electron chi connectivity index (χ3n) is 4.11. The molecular formula is C17H25NO2. The highest BCUT2D eigenvalue weighted by atomic mass is 16.5. The number of ether oxygens (including phenoxy) is 1. The lowest BCUT2D eigenvalue weighted by Gasteiger charge is -2.26. The highest BCUT2D eigenvalue weighted by Gasteiger charge is 2.31. The Morgan fingerprint density at radius 3 is 2.75 bits per heavy atom. The lowest BCUT2D eigenvalue weighted by molar-refractivity contribution is -0.154. The van der Waals surface area contributed by atoms with E-state index < -0.39 is 5.41 Å². The molecule has 0 bridgehead atoms. The van der Waals surface area contributed by atoms with E-state index in [0.717, 1.165) is 12.0 Å². The van der Waals surface area contributed by atoms with Gasteiger partial charge in [-0.05, 0) is 63.1 Å². The molecule has 110 valence electrons. The second kappa shape index (κ2) is 5.96. The molecule has 1 aromatic rings. The number of hydrogen-bond donors (Lipinski definition) is 1. The predicted octanol–water partition coefficient (Wildman–Crippen LogP) is 3.15. The lowest BCUT2D eigenvalue weighted by Crippen LogP contribution is -2.31. The van der Waals surface area contributed by atoms with Crippen molar-refractivity contribution in [2.24, 2.45) is 11.1 Å². The number of hydrogen-bond acceptors (Lipinski definition) is 3. The molecular weight excluding hydrogens is 250 g/mol. The van der Waals surface area contributed by atoms with Gasteiger partial charge in [0.1, 0.15) is 0 Å². The molecule has 3 nitrogen and oxygen atoms in total. The zero-order chi connectivity index (χ0) is 14.8. The summed E-state index contributed by atoms with van der Waals surface area (Å²) < 4.78 is 5.12. The first-order valence-corrected chi connectivity index (χ1v) is 7.48. The Balaban J connectivity index is 2.08. The van der Waals surface area contributed by atoms with Crippen LogP contribution in [-0.2, 0) is 22.4 Å². The van der Waals surface area contributed by atoms with Gasteiger partial charge < -0.3 is 10.5 Å². The lowest BCUT2D eigenvalue weighted by atomic mass is 9.83. The van der Waals surface area contributed by atoms with Crippen LogP contribution >= 0.6 is 0 Å². The van der Waals surface area contributed by atoms with Crippen LogP contribution in [0.4, 0.5) is 0 Å². The molecule has 1 unspecified atom stereocenters. The monoisotopic (exact) mass is 275 g/mol. The summed E-state index contributed by atoms with van der Waals surface area (Å²) in [6, 6.07) is 6.39. The fourth-order valence-corrected chi connectivity index (χ4v) is 2.90. The van der Waals surface area contributed by atoms with Crippen LogP contribution in [0.1, 0.15) is 56.3 Å². The molecule has 0 aromatic heterocycles. The Hall–Kier alpha value is -1.35. The van der Waals surface area contributed by atoms with E-state index in [4.69, 9.17) is 10.5 Å². The SMILES string of the molecule is CCOC(=O)C(C)(C)CC(N)c1ccc2c(c1)CCC2. The van der Waals surface area contributed by atoms with Crippen LogP contribution < -0.4 is 5.73 Å². The molecule has 0 radical (unpaired) electrons. The van der Waals surface area contributed by atoms with Crippen LogP contribution in [-0.4, -0.2) is 12.6 Å². The van der Waals surface area contributed by atoms with Crippen molar-refractivity contribution in [3.05, 3.63) is 34.9 Å². The van der Waals surface area contributed by atoms with Crippen LogP contribution in [0.3, 0.4) is 0 Å². The number of fused-ring (bicyclic) bond motifs is 1. The zero-order valence-electron chi connectivity index (χ0n) is 12.7. The van der Waals surface area contributed by atoms with Crippen LogP contribution in [0.2, 0.25) is 0 Å². The highest BCUT2D eigenvalue weighted by Crippen LogP contribution is 2.32. The summed E-state index contributed by atoms with van der Waals surface area (Å²) >= 11 is 0. The van der Waals surface area contributed by atoms with Gasteiger partial charge in [0.05, 0.1) is 12.0 Å². The van der Waals surface area contributed by atoms with E-state index in [1.165, 1.54) is 24.0 Å². The Morgan fingerprint density at radius 2 is 2.05 bits per heavy atom. The van der Waals surface area contributed by atoms with Crippen molar-refractivity contribution in [3.63, 3.8) is 0 Å². The van der Waals surface area contributed by atoms with E-state index in [0.29, 0.717) is 13.0 Å². The maximum Gasteiger partial charge on any atom is 0.311 e. The number of aryl methyl sites for hydroxylation is 2. The van der Waals surface area contributed by atoms with Gasteiger partial charge >= 0.3 is 5.97 Å². The molecule has 0 saturated carbocycles. The number of carbonyl (C=O) groups is 1. The summed E-state index contributed by atoms with van der Waals surface area (Å²) in [6.45, 7) is 6.04. The van der Waals surface area contributed by atoms with Crippen LogP contribution in [0, 0.1) is 5.41 Å². The number of esters is 1. The van der Waals surface area contributed by atoms with Gasteiger partial charge in [0.15, 0.2) is 0 Å². The van der Waals surface area contributed by atoms with E-state index in [9.17, 15) is 4.79 Å². The standard InChI is InChI=1S/C17H25NO2/c1-4-20-16(19)17(2,3)11-15(18)14-9-8-12-6-5-7-13(12)10-14/h8-10,15H,4-7,11,18H2,1-3H3. The summed E-state index contributed by atoms with van der Waals surface area (Å²) in [5, 5.41) is 0. The van der Waals surface area contributed by atoms with Gasteiger partial charge in [0.2, 0.25) is 0 Å². The third kappa shape index (κ3) is 3.21. The molecule has 0 fully saturated rings. The fraction of sp³-hybridized carbons (Fsp3) is 0.588. The van der Waals surface area contributed by atoms with Crippen molar-refractivity contribution in [2.75, 3.05) is 6.61 Å². The maximum absolute atomic E-state index is 11.9. The van der Waals surface area contributed by atoms with E-state index in [1.807, 2.05) is 20.8 Å². The fourth-order valence-electron chi connectivity index (χ4n) is 2.90. The van der Waals surface area contributed by atoms with Crippen molar-refractivity contribution >= 4 is 5.97 Å². The molecule has 2 N–H and O–H groups in total. The topological polar surface area (TPSA) is 52.3 Å². The van der Waals surface area contributed by atoms with Gasteiger partial charge in [0, 0.05) is 6.04 Å². The summed E-state index contributed by atoms with van der Waals surface area (Å²) in [5.41, 5.74) is 9.75. The molecule has 0 amide bonds. The van der Waals surface area contributed by atoms with Gasteiger partial charge in [-0.15, -0.1) is 0 Å². The highest BCUT2D eigenvalue weighted by molar-refractivity contribution is 5.76. The molecule has 1 aliphatic carbocycles. The number of rotatable bonds is 5. The molecule has 0 heterocycles. The van der Waals surface area contributed by atoms with E-state index in [2.05, 4.69) is 18.2 Å². The molecule has 0 spiro atoms. The van der Waals surface area contributed by atoms with Gasteiger partial charge in [-0.25, -0.2) is 0 Å². The molecule has 0 aliphatic heterocycles. The van der Waals surface area contributed by atoms with Crippen LogP contribution in [0.25, 0.3) is 0 Å². The number of carbonyl (C=O) groups excluding carboxylic acids is 1. The summed E-state index contributed by atoms with van der Waals surface area (Å²) in [5.74, 6) is -0.170. The molecule has 20 heavy (non-hydrogen) atoms. The second-order valence-corrected chi connectivity index (χ2v) is 6.30. The maximum atomic E-state index is 11.9. The minimum Gasteiger partial charge on any atom is -0.466 e. The van der Waals surface area contributed by atoms with E-state index in [1.54, 1.807) is 0 Å². The normalized spacial score (nSPS) is 15.8. The molecule has 1 aromatic carbocycles. The van der Waals surface area contributed by atoms with Gasteiger partial charge in [-0.3, -0.25) is 4.79 Å². The molecule has 1 atom stereocenters. The molecule has 1 aliphatic rings. The molecule has 0 saturated heterocycles. The average Bonchev–Trinajstić information content (AvgIpc) is 2.85. The summed E-state index contributed by atoms with van der Waals surface area (Å²) in [4.78, 5) is 11.9. The van der Waals surface area contributed by atoms with Gasteiger partial charge in [-0.2, -0.15) is 0 Å². The Morgan fingerprint density at radius 1 is 1.35 bits per heavy atom. The first-order chi connectivity index (χ1) is 9.44. The number of nitrogens with two attached hydrogens (primary N) is 1. The minimum absolute atomic E-state index is 0.125. The summed E-state index contributed by atoms with van der Waals surface area (Å²) in [6.07, 6.45) is 4.17. The summed E-state index contributed by atoms with van der Waals surface area (Å²) in [7, 11) is 0. The third-order valence-corrected chi connectivity index (χ3v) is 4.11. The van der Waals surface area contributed by atoms with Gasteiger partial charge in [0.25, 0.3) is 0 Å². The van der Waals surface area contributed by atoms with Gasteiger partial charge in [-0.1, -0.05) is 18.2 Å². The molecule has 2 rings (SSSR count). The Kier molecular flexibility index (Phi) is 4.48. The Labute approximate surface area is 121 Å². The predicted molar refractivity (Wildman–Crippen MR) is 80.4 cm³/mol. The van der Waals surface area contributed by atoms with Crippen LogP contribution in [0.15, 0.2) is 18.2 Å². The first kappa shape index (κ1) is 15.0. The van der Waals surface area contributed by atoms with Crippen molar-refractivity contribution in [2.45, 2.75) is 52.5 Å². The first-order valence-electron chi connectivity index (χ1n) is 7.48. The van der Waals surface area contributed by atoms with Crippen molar-refractivity contribution in [1.29, 1.82) is 0 Å². The number of benzene rings is 1. The smallest absolute Gasteiger partial charge is 0.311 e. The quantitative estimate of drug-likeness (QED) is 0.840. The minimum atomic E-state index is -0.547. The van der Waals surface area contributed by atoms with Crippen molar-refractivity contribution < 1.29 is 9.53 Å². The zero-order valence-corrected chi connectivity index (χ0v) is 12.7. The second-order valence-electron chi connectivity index (χ2n) is 6.30. The van der Waals surface area contributed by atoms with Crippen LogP contribution in [0.5, 0.6) is 0 Å².